The molecule has 10 heteroatoms. The van der Waals surface area contributed by atoms with Crippen molar-refractivity contribution in [2.45, 2.75) is 18.9 Å². The summed E-state index contributed by atoms with van der Waals surface area (Å²) in [6.45, 7) is 0.643. The van der Waals surface area contributed by atoms with Crippen molar-refractivity contribution in [2.24, 2.45) is 0 Å². The number of nitrogens with one attached hydrogen (secondary N) is 4. The average molecular weight is 417 g/mol. The number of likely N-dealkylation sites (N-methyl/N-ethyl adjacent to an activating group) is 1. The molecule has 0 radical (unpaired) electrons. The number of carbonyl (C=O) groups excluding carboxylic acids is 1. The van der Waals surface area contributed by atoms with Crippen molar-refractivity contribution in [1.82, 2.24) is 25.3 Å². The van der Waals surface area contributed by atoms with Gasteiger partial charge >= 0.3 is 0 Å². The summed E-state index contributed by atoms with van der Waals surface area (Å²) >= 11 is 0. The number of hydrogen-bond donors (Lipinski definition) is 4. The molecule has 2 aromatic heterocycles. The first-order valence-electron chi connectivity index (χ1n) is 9.76. The Bertz CT molecular complexity index is 1020. The number of benzene rings is 1. The molecule has 0 fully saturated rings. The summed E-state index contributed by atoms with van der Waals surface area (Å²) in [5.41, 5.74) is 1.02. The largest absolute Gasteiger partial charge is 0.370 e. The van der Waals surface area contributed by atoms with Crippen molar-refractivity contribution < 1.29 is 4.79 Å². The van der Waals surface area contributed by atoms with E-state index in [1.807, 2.05) is 36.4 Å². The van der Waals surface area contributed by atoms with Crippen LogP contribution in [0, 0.1) is 11.3 Å². The summed E-state index contributed by atoms with van der Waals surface area (Å²) in [6, 6.07) is 12.8. The number of amides is 1. The molecule has 10 nitrogen and oxygen atoms in total. The zero-order chi connectivity index (χ0) is 21.9. The van der Waals surface area contributed by atoms with Crippen LogP contribution in [0.25, 0.3) is 0 Å². The van der Waals surface area contributed by atoms with Gasteiger partial charge in [0.15, 0.2) is 5.69 Å². The van der Waals surface area contributed by atoms with Crippen LogP contribution in [0.5, 0.6) is 0 Å². The summed E-state index contributed by atoms with van der Waals surface area (Å²) in [5.74, 6) is 1.61. The van der Waals surface area contributed by atoms with Crippen LogP contribution >= 0.6 is 0 Å². The lowest BCUT2D eigenvalue weighted by atomic mass is 10.1. The third-order valence-corrected chi connectivity index (χ3v) is 4.37. The van der Waals surface area contributed by atoms with E-state index < -0.39 is 0 Å². The van der Waals surface area contributed by atoms with Gasteiger partial charge in [0, 0.05) is 18.3 Å². The molecule has 0 saturated heterocycles. The fourth-order valence-electron chi connectivity index (χ4n) is 2.78. The maximum absolute atomic E-state index is 12.4. The number of para-hydroxylation sites is 1. The van der Waals surface area contributed by atoms with Crippen LogP contribution in [-0.4, -0.2) is 45.5 Å². The summed E-state index contributed by atoms with van der Waals surface area (Å²) in [5, 5.41) is 21.0. The molecule has 1 unspecified atom stereocenters. The molecular formula is C21H23N9O. The van der Waals surface area contributed by atoms with Gasteiger partial charge in [-0.1, -0.05) is 18.2 Å². The van der Waals surface area contributed by atoms with Gasteiger partial charge in [0.25, 0.3) is 0 Å². The second-order valence-corrected chi connectivity index (χ2v) is 6.58. The SMILES string of the molecule is CNC(CCCNc1cc(Nc2cnc(C#N)cn2)ncn1)C(=O)Nc1ccccc1. The first-order valence-corrected chi connectivity index (χ1v) is 9.76. The number of nitrogens with zero attached hydrogens (tertiary/aromatic N) is 5. The van der Waals surface area contributed by atoms with Crippen molar-refractivity contribution in [3.63, 3.8) is 0 Å². The van der Waals surface area contributed by atoms with Gasteiger partial charge < -0.3 is 21.3 Å². The van der Waals surface area contributed by atoms with E-state index in [1.165, 1.54) is 18.7 Å². The predicted molar refractivity (Wildman–Crippen MR) is 118 cm³/mol. The molecule has 1 aromatic carbocycles. The summed E-state index contributed by atoms with van der Waals surface area (Å²) in [4.78, 5) is 28.8. The monoisotopic (exact) mass is 417 g/mol. The maximum atomic E-state index is 12.4. The lowest BCUT2D eigenvalue weighted by Crippen LogP contribution is -2.38. The van der Waals surface area contributed by atoms with Crippen LogP contribution in [0.2, 0.25) is 0 Å². The fraction of sp³-hybridized carbons (Fsp3) is 0.238. The second-order valence-electron chi connectivity index (χ2n) is 6.58. The van der Waals surface area contributed by atoms with E-state index in [-0.39, 0.29) is 17.6 Å². The van der Waals surface area contributed by atoms with E-state index in [0.29, 0.717) is 30.4 Å². The van der Waals surface area contributed by atoms with Crippen LogP contribution in [0.1, 0.15) is 18.5 Å². The van der Waals surface area contributed by atoms with Crippen molar-refractivity contribution >= 4 is 29.0 Å². The molecular weight excluding hydrogens is 394 g/mol. The Hall–Kier alpha value is -4.10. The van der Waals surface area contributed by atoms with Gasteiger partial charge in [-0.2, -0.15) is 5.26 Å². The van der Waals surface area contributed by atoms with Crippen LogP contribution in [0.4, 0.5) is 23.1 Å². The smallest absolute Gasteiger partial charge is 0.241 e. The van der Waals surface area contributed by atoms with Gasteiger partial charge in [0.1, 0.15) is 29.9 Å². The van der Waals surface area contributed by atoms with Gasteiger partial charge in [-0.25, -0.2) is 19.9 Å². The van der Waals surface area contributed by atoms with Gasteiger partial charge in [0.2, 0.25) is 5.91 Å². The zero-order valence-electron chi connectivity index (χ0n) is 17.0. The molecule has 31 heavy (non-hydrogen) atoms. The van der Waals surface area contributed by atoms with Crippen LogP contribution in [0.3, 0.4) is 0 Å². The molecule has 0 saturated carbocycles. The van der Waals surface area contributed by atoms with Gasteiger partial charge in [0.05, 0.1) is 18.4 Å². The molecule has 1 atom stereocenters. The minimum atomic E-state index is -0.292. The lowest BCUT2D eigenvalue weighted by Gasteiger charge is -2.16. The Morgan fingerprint density at radius 2 is 1.87 bits per heavy atom. The molecule has 3 rings (SSSR count). The zero-order valence-corrected chi connectivity index (χ0v) is 17.0. The molecule has 4 N–H and O–H groups in total. The average Bonchev–Trinajstić information content (AvgIpc) is 2.80. The fourth-order valence-corrected chi connectivity index (χ4v) is 2.78. The lowest BCUT2D eigenvalue weighted by molar-refractivity contribution is -0.118. The highest BCUT2D eigenvalue weighted by molar-refractivity contribution is 5.94. The molecule has 1 amide bonds. The Kier molecular flexibility index (Phi) is 7.79. The number of nitriles is 1. The quantitative estimate of drug-likeness (QED) is 0.366. The van der Waals surface area contributed by atoms with Crippen LogP contribution in [-0.2, 0) is 4.79 Å². The molecule has 2 heterocycles. The third kappa shape index (κ3) is 6.73. The highest BCUT2D eigenvalue weighted by Gasteiger charge is 2.15. The van der Waals surface area contributed by atoms with Crippen molar-refractivity contribution in [3.05, 3.63) is 60.8 Å². The van der Waals surface area contributed by atoms with E-state index >= 15 is 0 Å². The molecule has 0 spiro atoms. The Morgan fingerprint density at radius 1 is 1.06 bits per heavy atom. The minimum absolute atomic E-state index is 0.0641. The number of anilines is 4. The first kappa shape index (κ1) is 21.6. The summed E-state index contributed by atoms with van der Waals surface area (Å²) < 4.78 is 0. The number of hydrogen-bond acceptors (Lipinski definition) is 9. The van der Waals surface area contributed by atoms with E-state index in [4.69, 9.17) is 5.26 Å². The van der Waals surface area contributed by atoms with Crippen LogP contribution < -0.4 is 21.3 Å². The second kappa shape index (κ2) is 11.2. The Morgan fingerprint density at radius 3 is 2.58 bits per heavy atom. The minimum Gasteiger partial charge on any atom is -0.370 e. The van der Waals surface area contributed by atoms with E-state index in [2.05, 4.69) is 41.2 Å². The standard InChI is InChI=1S/C21H23N9O/c1-23-17(21(31)29-15-6-3-2-4-7-15)8-5-9-24-18-10-19(28-14-27-18)30-20-13-25-16(11-22)12-26-20/h2-4,6-7,10,12-14,17,23H,5,8-9H2,1H3,(H,29,31)(H2,24,26,27,28,30). The highest BCUT2D eigenvalue weighted by Crippen LogP contribution is 2.14. The topological polar surface area (TPSA) is 141 Å². The molecule has 0 aliphatic heterocycles. The van der Waals surface area contributed by atoms with E-state index in [9.17, 15) is 4.79 Å². The van der Waals surface area contributed by atoms with Gasteiger partial charge in [-0.05, 0) is 32.0 Å². The molecule has 0 aliphatic rings. The molecule has 0 aliphatic carbocycles. The highest BCUT2D eigenvalue weighted by atomic mass is 16.2. The number of rotatable bonds is 10. The van der Waals surface area contributed by atoms with Gasteiger partial charge in [-0.3, -0.25) is 4.79 Å². The third-order valence-electron chi connectivity index (χ3n) is 4.37. The van der Waals surface area contributed by atoms with Gasteiger partial charge in [-0.15, -0.1) is 0 Å². The molecule has 3 aromatic rings. The van der Waals surface area contributed by atoms with Crippen molar-refractivity contribution in [3.8, 4) is 6.07 Å². The summed E-state index contributed by atoms with van der Waals surface area (Å²) in [6.07, 6.45) is 5.72. The van der Waals surface area contributed by atoms with Crippen LogP contribution in [0.15, 0.2) is 55.1 Å². The Labute approximate surface area is 180 Å². The maximum Gasteiger partial charge on any atom is 0.241 e. The normalized spacial score (nSPS) is 11.2. The Balaban J connectivity index is 1.45. The summed E-state index contributed by atoms with van der Waals surface area (Å²) in [7, 11) is 1.77. The first-order chi connectivity index (χ1) is 15.2. The number of carbonyl (C=O) groups is 1. The van der Waals surface area contributed by atoms with E-state index in [1.54, 1.807) is 13.1 Å². The predicted octanol–water partition coefficient (Wildman–Crippen LogP) is 2.30. The molecule has 158 valence electrons. The van der Waals surface area contributed by atoms with Crippen molar-refractivity contribution in [2.75, 3.05) is 29.5 Å². The number of aromatic nitrogens is 4. The van der Waals surface area contributed by atoms with Crippen molar-refractivity contribution in [1.29, 1.82) is 5.26 Å². The molecule has 0 bridgehead atoms. The van der Waals surface area contributed by atoms with E-state index in [0.717, 1.165) is 12.1 Å².